The van der Waals surface area contributed by atoms with Gasteiger partial charge in [0.25, 0.3) is 0 Å². The Balaban J connectivity index is 1.48. The second-order valence-corrected chi connectivity index (χ2v) is 8.59. The SMILES string of the molecule is CCCCOCC[C@H]1CC[C@H](C2CCCN2[C@H](CO)c2ccccc2)CC1. The van der Waals surface area contributed by atoms with Crippen molar-refractivity contribution in [3.63, 3.8) is 0 Å². The van der Waals surface area contributed by atoms with Gasteiger partial charge >= 0.3 is 0 Å². The third-order valence-electron chi connectivity index (χ3n) is 6.85. The van der Waals surface area contributed by atoms with Crippen LogP contribution in [0.1, 0.15) is 76.3 Å². The van der Waals surface area contributed by atoms with Crippen molar-refractivity contribution in [2.24, 2.45) is 11.8 Å². The molecule has 3 rings (SSSR count). The average Bonchev–Trinajstić information content (AvgIpc) is 3.19. The van der Waals surface area contributed by atoms with Crippen LogP contribution in [0.25, 0.3) is 0 Å². The first-order valence-corrected chi connectivity index (χ1v) is 11.3. The highest BCUT2D eigenvalue weighted by Gasteiger charge is 2.37. The van der Waals surface area contributed by atoms with Crippen LogP contribution < -0.4 is 0 Å². The molecule has 1 aliphatic carbocycles. The summed E-state index contributed by atoms with van der Waals surface area (Å²) in [4.78, 5) is 2.62. The molecule has 27 heavy (non-hydrogen) atoms. The van der Waals surface area contributed by atoms with E-state index < -0.39 is 0 Å². The minimum Gasteiger partial charge on any atom is -0.394 e. The van der Waals surface area contributed by atoms with Crippen LogP contribution in [0.5, 0.6) is 0 Å². The largest absolute Gasteiger partial charge is 0.394 e. The summed E-state index contributed by atoms with van der Waals surface area (Å²) < 4.78 is 5.78. The fraction of sp³-hybridized carbons (Fsp3) is 0.750. The lowest BCUT2D eigenvalue weighted by Crippen LogP contribution is -2.41. The van der Waals surface area contributed by atoms with E-state index in [9.17, 15) is 5.11 Å². The van der Waals surface area contributed by atoms with Crippen LogP contribution in [0.2, 0.25) is 0 Å². The molecule has 0 radical (unpaired) electrons. The van der Waals surface area contributed by atoms with Crippen molar-refractivity contribution in [3.8, 4) is 0 Å². The van der Waals surface area contributed by atoms with Crippen molar-refractivity contribution >= 4 is 0 Å². The number of aliphatic hydroxyl groups excluding tert-OH is 1. The molecule has 152 valence electrons. The van der Waals surface area contributed by atoms with Crippen molar-refractivity contribution in [1.82, 2.24) is 4.90 Å². The summed E-state index contributed by atoms with van der Waals surface area (Å²) in [5.41, 5.74) is 1.27. The second-order valence-electron chi connectivity index (χ2n) is 8.59. The third kappa shape index (κ3) is 5.79. The molecule has 1 unspecified atom stereocenters. The molecule has 0 amide bonds. The van der Waals surface area contributed by atoms with Gasteiger partial charge in [0.2, 0.25) is 0 Å². The Morgan fingerprint density at radius 3 is 2.56 bits per heavy atom. The topological polar surface area (TPSA) is 32.7 Å². The molecule has 2 atom stereocenters. The maximum atomic E-state index is 10.1. The van der Waals surface area contributed by atoms with Gasteiger partial charge in [-0.05, 0) is 62.5 Å². The lowest BCUT2D eigenvalue weighted by Gasteiger charge is -2.40. The van der Waals surface area contributed by atoms with Crippen LogP contribution in [-0.2, 0) is 4.74 Å². The molecule has 1 aromatic carbocycles. The second kappa shape index (κ2) is 11.2. The van der Waals surface area contributed by atoms with E-state index in [1.54, 1.807) is 0 Å². The molecule has 2 aliphatic rings. The van der Waals surface area contributed by atoms with E-state index in [1.807, 2.05) is 0 Å². The highest BCUT2D eigenvalue weighted by molar-refractivity contribution is 5.20. The van der Waals surface area contributed by atoms with Crippen molar-refractivity contribution in [2.75, 3.05) is 26.4 Å². The van der Waals surface area contributed by atoms with Gasteiger partial charge < -0.3 is 9.84 Å². The van der Waals surface area contributed by atoms with Gasteiger partial charge in [-0.3, -0.25) is 4.90 Å². The number of benzene rings is 1. The van der Waals surface area contributed by atoms with Crippen LogP contribution in [0.3, 0.4) is 0 Å². The highest BCUT2D eigenvalue weighted by atomic mass is 16.5. The molecule has 3 heteroatoms. The van der Waals surface area contributed by atoms with Gasteiger partial charge in [0.1, 0.15) is 0 Å². The monoisotopic (exact) mass is 373 g/mol. The number of ether oxygens (including phenoxy) is 1. The number of hydrogen-bond acceptors (Lipinski definition) is 3. The number of unbranched alkanes of at least 4 members (excludes halogenated alkanes) is 1. The van der Waals surface area contributed by atoms with Gasteiger partial charge in [0.05, 0.1) is 12.6 Å². The summed E-state index contributed by atoms with van der Waals surface area (Å²) in [5, 5.41) is 10.1. The van der Waals surface area contributed by atoms with Crippen LogP contribution >= 0.6 is 0 Å². The Labute approximate surface area is 166 Å². The summed E-state index contributed by atoms with van der Waals surface area (Å²) in [6, 6.07) is 11.4. The van der Waals surface area contributed by atoms with Gasteiger partial charge in [0.15, 0.2) is 0 Å². The van der Waals surface area contributed by atoms with E-state index in [2.05, 4.69) is 42.2 Å². The van der Waals surface area contributed by atoms with Gasteiger partial charge in [-0.1, -0.05) is 56.5 Å². The molecule has 1 heterocycles. The Morgan fingerprint density at radius 1 is 1.07 bits per heavy atom. The number of hydrogen-bond donors (Lipinski definition) is 1. The van der Waals surface area contributed by atoms with E-state index in [4.69, 9.17) is 4.74 Å². The maximum absolute atomic E-state index is 10.1. The normalized spacial score (nSPS) is 27.7. The van der Waals surface area contributed by atoms with E-state index in [1.165, 1.54) is 63.4 Å². The zero-order valence-corrected chi connectivity index (χ0v) is 17.2. The first-order valence-electron chi connectivity index (χ1n) is 11.3. The smallest absolute Gasteiger partial charge is 0.0628 e. The molecule has 0 bridgehead atoms. The minimum absolute atomic E-state index is 0.170. The highest BCUT2D eigenvalue weighted by Crippen LogP contribution is 2.40. The van der Waals surface area contributed by atoms with E-state index in [0.29, 0.717) is 6.04 Å². The predicted octanol–water partition coefficient (Wildman–Crippen LogP) is 5.20. The fourth-order valence-corrected chi connectivity index (χ4v) is 5.25. The molecule has 1 saturated carbocycles. The molecule has 1 aromatic rings. The number of nitrogens with zero attached hydrogens (tertiary/aromatic N) is 1. The van der Waals surface area contributed by atoms with Crippen LogP contribution in [0.4, 0.5) is 0 Å². The van der Waals surface area contributed by atoms with Crippen LogP contribution in [0, 0.1) is 11.8 Å². The third-order valence-corrected chi connectivity index (χ3v) is 6.85. The summed E-state index contributed by atoms with van der Waals surface area (Å²) in [7, 11) is 0. The molecular weight excluding hydrogens is 334 g/mol. The molecule has 2 fully saturated rings. The molecular formula is C24H39NO2. The fourth-order valence-electron chi connectivity index (χ4n) is 5.25. The summed E-state index contributed by atoms with van der Waals surface area (Å²) in [5.74, 6) is 1.67. The van der Waals surface area contributed by atoms with Crippen molar-refractivity contribution in [1.29, 1.82) is 0 Å². The summed E-state index contributed by atoms with van der Waals surface area (Å²) in [6.07, 6.45) is 11.7. The van der Waals surface area contributed by atoms with Gasteiger partial charge in [-0.2, -0.15) is 0 Å². The predicted molar refractivity (Wildman–Crippen MR) is 112 cm³/mol. The van der Waals surface area contributed by atoms with Crippen LogP contribution in [0.15, 0.2) is 30.3 Å². The number of likely N-dealkylation sites (tertiary alicyclic amines) is 1. The first-order chi connectivity index (χ1) is 13.3. The van der Waals surface area contributed by atoms with Gasteiger partial charge in [-0.25, -0.2) is 0 Å². The van der Waals surface area contributed by atoms with E-state index in [0.717, 1.165) is 31.6 Å². The van der Waals surface area contributed by atoms with E-state index in [-0.39, 0.29) is 12.6 Å². The number of aliphatic hydroxyl groups is 1. The summed E-state index contributed by atoms with van der Waals surface area (Å²) >= 11 is 0. The Morgan fingerprint density at radius 2 is 1.85 bits per heavy atom. The van der Waals surface area contributed by atoms with Crippen molar-refractivity contribution in [3.05, 3.63) is 35.9 Å². The molecule has 1 saturated heterocycles. The van der Waals surface area contributed by atoms with Crippen LogP contribution in [-0.4, -0.2) is 42.4 Å². The maximum Gasteiger partial charge on any atom is 0.0628 e. The van der Waals surface area contributed by atoms with Gasteiger partial charge in [0, 0.05) is 19.3 Å². The Hall–Kier alpha value is -0.900. The standard InChI is InChI=1S/C24H39NO2/c1-2-3-17-27-18-15-20-11-13-22(14-12-20)23-10-7-16-25(23)24(19-26)21-8-5-4-6-9-21/h4-6,8-9,20,22-24,26H,2-3,7,10-19H2,1H3/t20-,22-,23?,24-/m1/s1. The first kappa shape index (κ1) is 20.8. The molecule has 3 nitrogen and oxygen atoms in total. The molecule has 1 N–H and O–H groups in total. The molecule has 1 aliphatic heterocycles. The van der Waals surface area contributed by atoms with Gasteiger partial charge in [-0.15, -0.1) is 0 Å². The zero-order chi connectivity index (χ0) is 18.9. The Kier molecular flexibility index (Phi) is 8.63. The molecule has 0 spiro atoms. The average molecular weight is 374 g/mol. The Bertz CT molecular complexity index is 512. The minimum atomic E-state index is 0.170. The lowest BCUT2D eigenvalue weighted by molar-refractivity contribution is 0.0614. The zero-order valence-electron chi connectivity index (χ0n) is 17.2. The lowest BCUT2D eigenvalue weighted by atomic mass is 9.76. The molecule has 0 aromatic heterocycles. The van der Waals surface area contributed by atoms with Crippen molar-refractivity contribution < 1.29 is 9.84 Å². The summed E-state index contributed by atoms with van der Waals surface area (Å²) in [6.45, 7) is 5.47. The number of rotatable bonds is 10. The van der Waals surface area contributed by atoms with E-state index >= 15 is 0 Å². The quantitative estimate of drug-likeness (QED) is 0.572. The van der Waals surface area contributed by atoms with Crippen molar-refractivity contribution in [2.45, 2.75) is 76.8 Å².